The van der Waals surface area contributed by atoms with Gasteiger partial charge in [0.05, 0.1) is 0 Å². The summed E-state index contributed by atoms with van der Waals surface area (Å²) in [5, 5.41) is 11.0. The number of carbonyl (C=O) groups excluding carboxylic acids is 1. The summed E-state index contributed by atoms with van der Waals surface area (Å²) in [5.74, 6) is -3.49. The molecule has 2 N–H and O–H groups in total. The third-order valence-corrected chi connectivity index (χ3v) is 2.39. The quantitative estimate of drug-likeness (QED) is 0.813. The fraction of sp³-hybridized carbons (Fsp3) is 0.333. The first-order valence-corrected chi connectivity index (χ1v) is 5.54. The maximum absolute atomic E-state index is 11.9. The summed E-state index contributed by atoms with van der Waals surface area (Å²) in [4.78, 5) is 21.9. The van der Waals surface area contributed by atoms with E-state index in [1.807, 2.05) is 0 Å². The third-order valence-electron chi connectivity index (χ3n) is 2.39. The predicted molar refractivity (Wildman–Crippen MR) is 61.8 cm³/mol. The number of amides is 1. The van der Waals surface area contributed by atoms with Crippen LogP contribution in [-0.4, -0.2) is 23.3 Å². The Morgan fingerprint density at radius 1 is 1.30 bits per heavy atom. The molecule has 1 atom stereocenters. The first kappa shape index (κ1) is 15.8. The minimum Gasteiger partial charge on any atom is -0.481 e. The Balaban J connectivity index is 2.54. The van der Waals surface area contributed by atoms with Crippen LogP contribution >= 0.6 is 0 Å². The molecule has 0 spiro atoms. The number of hydrogen-bond acceptors (Lipinski definition) is 3. The number of carboxylic acid groups (broad SMARTS) is 1. The van der Waals surface area contributed by atoms with Crippen LogP contribution in [0.2, 0.25) is 0 Å². The number of aliphatic carboxylic acids is 1. The zero-order chi connectivity index (χ0) is 15.3. The first-order valence-electron chi connectivity index (χ1n) is 5.54. The van der Waals surface area contributed by atoms with Crippen LogP contribution in [0.15, 0.2) is 24.3 Å². The van der Waals surface area contributed by atoms with Crippen molar-refractivity contribution in [2.24, 2.45) is 5.92 Å². The van der Waals surface area contributed by atoms with Crippen LogP contribution in [0.1, 0.15) is 12.5 Å². The Kier molecular flexibility index (Phi) is 4.95. The van der Waals surface area contributed by atoms with E-state index in [1.165, 1.54) is 19.1 Å². The van der Waals surface area contributed by atoms with E-state index < -0.39 is 24.2 Å². The minimum absolute atomic E-state index is 0.0166. The summed E-state index contributed by atoms with van der Waals surface area (Å²) in [5.41, 5.74) is 0.519. The number of nitrogens with one attached hydrogen (secondary N) is 1. The van der Waals surface area contributed by atoms with Gasteiger partial charge in [-0.3, -0.25) is 9.59 Å². The first-order chi connectivity index (χ1) is 9.19. The monoisotopic (exact) mass is 291 g/mol. The fourth-order valence-electron chi connectivity index (χ4n) is 1.26. The highest BCUT2D eigenvalue weighted by molar-refractivity contribution is 5.96. The summed E-state index contributed by atoms with van der Waals surface area (Å²) in [7, 11) is 0. The van der Waals surface area contributed by atoms with Crippen molar-refractivity contribution >= 4 is 11.9 Å². The van der Waals surface area contributed by atoms with Crippen LogP contribution in [-0.2, 0) is 16.1 Å². The SMILES string of the molecule is CC(C(=O)O)C(=O)NCc1ccc(OC(F)(F)F)cc1. The fourth-order valence-corrected chi connectivity index (χ4v) is 1.26. The zero-order valence-electron chi connectivity index (χ0n) is 10.4. The van der Waals surface area contributed by atoms with Crippen molar-refractivity contribution in [1.82, 2.24) is 5.32 Å². The standard InChI is InChI=1S/C12H12F3NO4/c1-7(11(18)19)10(17)16-6-8-2-4-9(5-3-8)20-12(13,14)15/h2-5,7H,6H2,1H3,(H,16,17)(H,18,19). The molecule has 5 nitrogen and oxygen atoms in total. The van der Waals surface area contributed by atoms with Gasteiger partial charge in [0, 0.05) is 6.54 Å². The maximum atomic E-state index is 11.9. The summed E-state index contributed by atoms with van der Waals surface area (Å²) in [6, 6.07) is 4.89. The zero-order valence-corrected chi connectivity index (χ0v) is 10.4. The Morgan fingerprint density at radius 3 is 2.30 bits per heavy atom. The van der Waals surface area contributed by atoms with Gasteiger partial charge in [0.15, 0.2) is 0 Å². The van der Waals surface area contributed by atoms with Crippen molar-refractivity contribution in [3.05, 3.63) is 29.8 Å². The molecule has 8 heteroatoms. The molecule has 0 fully saturated rings. The molecule has 1 aromatic rings. The summed E-state index contributed by atoms with van der Waals surface area (Å²) < 4.78 is 39.5. The van der Waals surface area contributed by atoms with Gasteiger partial charge in [0.25, 0.3) is 0 Å². The van der Waals surface area contributed by atoms with Gasteiger partial charge in [-0.1, -0.05) is 12.1 Å². The average Bonchev–Trinajstić information content (AvgIpc) is 2.34. The Morgan fingerprint density at radius 2 is 1.85 bits per heavy atom. The van der Waals surface area contributed by atoms with Crippen molar-refractivity contribution in [2.75, 3.05) is 0 Å². The number of ether oxygens (including phenoxy) is 1. The Bertz CT molecular complexity index is 484. The summed E-state index contributed by atoms with van der Waals surface area (Å²) >= 11 is 0. The number of benzene rings is 1. The second kappa shape index (κ2) is 6.27. The topological polar surface area (TPSA) is 75.6 Å². The molecule has 0 aliphatic rings. The molecular formula is C12H12F3NO4. The maximum Gasteiger partial charge on any atom is 0.573 e. The number of rotatable bonds is 5. The molecule has 0 aliphatic heterocycles. The molecule has 0 saturated carbocycles. The smallest absolute Gasteiger partial charge is 0.481 e. The van der Waals surface area contributed by atoms with Gasteiger partial charge in [-0.2, -0.15) is 0 Å². The van der Waals surface area contributed by atoms with Crippen LogP contribution in [0.4, 0.5) is 13.2 Å². The average molecular weight is 291 g/mol. The largest absolute Gasteiger partial charge is 0.573 e. The molecule has 0 heterocycles. The molecule has 0 bridgehead atoms. The minimum atomic E-state index is -4.76. The molecule has 0 radical (unpaired) electrons. The number of carbonyl (C=O) groups is 2. The van der Waals surface area contributed by atoms with Crippen molar-refractivity contribution in [2.45, 2.75) is 19.8 Å². The molecule has 20 heavy (non-hydrogen) atoms. The lowest BCUT2D eigenvalue weighted by molar-refractivity contribution is -0.274. The highest BCUT2D eigenvalue weighted by Gasteiger charge is 2.30. The van der Waals surface area contributed by atoms with Gasteiger partial charge in [0.1, 0.15) is 11.7 Å². The van der Waals surface area contributed by atoms with E-state index in [0.29, 0.717) is 5.56 Å². The summed E-state index contributed by atoms with van der Waals surface area (Å²) in [6.07, 6.45) is -4.76. The highest BCUT2D eigenvalue weighted by Crippen LogP contribution is 2.22. The number of carboxylic acids is 1. The molecule has 0 aromatic heterocycles. The Hall–Kier alpha value is -2.25. The van der Waals surface area contributed by atoms with Crippen LogP contribution in [0.3, 0.4) is 0 Å². The van der Waals surface area contributed by atoms with Gasteiger partial charge in [-0.15, -0.1) is 13.2 Å². The number of halogens is 3. The van der Waals surface area contributed by atoms with Crippen molar-refractivity contribution < 1.29 is 32.6 Å². The van der Waals surface area contributed by atoms with Gasteiger partial charge in [-0.05, 0) is 24.6 Å². The van der Waals surface area contributed by atoms with E-state index in [-0.39, 0.29) is 12.3 Å². The van der Waals surface area contributed by atoms with Crippen LogP contribution in [0.5, 0.6) is 5.75 Å². The molecule has 1 aromatic carbocycles. The predicted octanol–water partition coefficient (Wildman–Crippen LogP) is 1.92. The molecule has 0 saturated heterocycles. The third kappa shape index (κ3) is 5.17. The molecule has 110 valence electrons. The lowest BCUT2D eigenvalue weighted by Gasteiger charge is -2.10. The number of hydrogen-bond donors (Lipinski definition) is 2. The summed E-state index contributed by atoms with van der Waals surface area (Å²) in [6.45, 7) is 1.25. The molecule has 1 unspecified atom stereocenters. The van der Waals surface area contributed by atoms with Gasteiger partial charge in [0.2, 0.25) is 5.91 Å². The highest BCUT2D eigenvalue weighted by atomic mass is 19.4. The van der Waals surface area contributed by atoms with Crippen LogP contribution < -0.4 is 10.1 Å². The van der Waals surface area contributed by atoms with Gasteiger partial charge < -0.3 is 15.2 Å². The lowest BCUT2D eigenvalue weighted by Crippen LogP contribution is -2.33. The molecular weight excluding hydrogens is 279 g/mol. The van der Waals surface area contributed by atoms with Gasteiger partial charge in [-0.25, -0.2) is 0 Å². The number of alkyl halides is 3. The lowest BCUT2D eigenvalue weighted by atomic mass is 10.1. The van der Waals surface area contributed by atoms with Crippen molar-refractivity contribution in [3.63, 3.8) is 0 Å². The van der Waals surface area contributed by atoms with E-state index in [1.54, 1.807) is 0 Å². The van der Waals surface area contributed by atoms with Crippen LogP contribution in [0.25, 0.3) is 0 Å². The normalized spacial score (nSPS) is 12.6. The van der Waals surface area contributed by atoms with E-state index in [4.69, 9.17) is 5.11 Å². The molecule has 0 aliphatic carbocycles. The van der Waals surface area contributed by atoms with E-state index in [9.17, 15) is 22.8 Å². The van der Waals surface area contributed by atoms with E-state index in [0.717, 1.165) is 12.1 Å². The van der Waals surface area contributed by atoms with E-state index >= 15 is 0 Å². The molecule has 1 amide bonds. The Labute approximate surface area is 112 Å². The van der Waals surface area contributed by atoms with Crippen LogP contribution in [0, 0.1) is 5.92 Å². The second-order valence-electron chi connectivity index (χ2n) is 3.97. The van der Waals surface area contributed by atoms with Crippen molar-refractivity contribution in [3.8, 4) is 5.75 Å². The van der Waals surface area contributed by atoms with Crippen molar-refractivity contribution in [1.29, 1.82) is 0 Å². The second-order valence-corrected chi connectivity index (χ2v) is 3.97. The molecule has 1 rings (SSSR count). The van der Waals surface area contributed by atoms with E-state index in [2.05, 4.69) is 10.1 Å². The van der Waals surface area contributed by atoms with Gasteiger partial charge >= 0.3 is 12.3 Å².